The second-order valence-electron chi connectivity index (χ2n) is 6.41. The molecule has 0 saturated heterocycles. The molecule has 0 heterocycles. The van der Waals surface area contributed by atoms with E-state index in [9.17, 15) is 4.79 Å². The van der Waals surface area contributed by atoms with Crippen molar-refractivity contribution in [2.75, 3.05) is 0 Å². The summed E-state index contributed by atoms with van der Waals surface area (Å²) in [5, 5.41) is 3.06. The van der Waals surface area contributed by atoms with Gasteiger partial charge in [-0.25, -0.2) is 0 Å². The van der Waals surface area contributed by atoms with Gasteiger partial charge in [-0.05, 0) is 68.5 Å². The summed E-state index contributed by atoms with van der Waals surface area (Å²) in [6.07, 6.45) is 0.139. The average molecular weight is 325 g/mol. The standard InChI is InChI=1S/C21H27NO2/c1-6-20(24-19-9-7-8-14(2)12-19)21(23)22-17(5)18-11-10-15(3)16(4)13-18/h7-13,17,20H,6H2,1-5H3,(H,22,23)/t17-,20-/m0/s1. The number of carbonyl (C=O) groups is 1. The van der Waals surface area contributed by atoms with Crippen molar-refractivity contribution < 1.29 is 9.53 Å². The minimum atomic E-state index is -0.485. The Labute approximate surface area is 145 Å². The van der Waals surface area contributed by atoms with Gasteiger partial charge in [-0.3, -0.25) is 4.79 Å². The van der Waals surface area contributed by atoms with Crippen LogP contribution in [0.4, 0.5) is 0 Å². The fourth-order valence-corrected chi connectivity index (χ4v) is 2.60. The number of hydrogen-bond acceptors (Lipinski definition) is 2. The van der Waals surface area contributed by atoms with Crippen molar-refractivity contribution in [1.29, 1.82) is 0 Å². The summed E-state index contributed by atoms with van der Waals surface area (Å²) in [5.74, 6) is 0.653. The number of benzene rings is 2. The van der Waals surface area contributed by atoms with Gasteiger partial charge < -0.3 is 10.1 Å². The number of ether oxygens (including phenoxy) is 1. The third-order valence-corrected chi connectivity index (χ3v) is 4.32. The normalized spacial score (nSPS) is 13.2. The Morgan fingerprint density at radius 2 is 1.83 bits per heavy atom. The highest BCUT2D eigenvalue weighted by molar-refractivity contribution is 5.81. The van der Waals surface area contributed by atoms with Gasteiger partial charge in [0, 0.05) is 0 Å². The highest BCUT2D eigenvalue weighted by Gasteiger charge is 2.20. The van der Waals surface area contributed by atoms with E-state index < -0.39 is 6.10 Å². The molecule has 0 fully saturated rings. The SMILES string of the molecule is CC[C@H](Oc1cccc(C)c1)C(=O)N[C@@H](C)c1ccc(C)c(C)c1. The van der Waals surface area contributed by atoms with Crippen molar-refractivity contribution in [1.82, 2.24) is 5.32 Å². The first-order valence-corrected chi connectivity index (χ1v) is 8.51. The van der Waals surface area contributed by atoms with E-state index in [2.05, 4.69) is 37.4 Å². The van der Waals surface area contributed by atoms with Crippen molar-refractivity contribution >= 4 is 5.91 Å². The summed E-state index contributed by atoms with van der Waals surface area (Å²) in [6, 6.07) is 14.0. The third-order valence-electron chi connectivity index (χ3n) is 4.32. The zero-order valence-electron chi connectivity index (χ0n) is 15.2. The minimum Gasteiger partial charge on any atom is -0.481 e. The second kappa shape index (κ2) is 8.00. The fourth-order valence-electron chi connectivity index (χ4n) is 2.60. The largest absolute Gasteiger partial charge is 0.481 e. The molecule has 0 unspecified atom stereocenters. The number of carbonyl (C=O) groups excluding carboxylic acids is 1. The molecule has 0 saturated carbocycles. The summed E-state index contributed by atoms with van der Waals surface area (Å²) < 4.78 is 5.87. The molecule has 1 N–H and O–H groups in total. The van der Waals surface area contributed by atoms with Gasteiger partial charge in [0.15, 0.2) is 6.10 Å². The molecule has 3 nitrogen and oxygen atoms in total. The van der Waals surface area contributed by atoms with Gasteiger partial charge in [-0.15, -0.1) is 0 Å². The summed E-state index contributed by atoms with van der Waals surface area (Å²) in [4.78, 5) is 12.6. The molecule has 0 spiro atoms. The van der Waals surface area contributed by atoms with Crippen LogP contribution in [0.25, 0.3) is 0 Å². The van der Waals surface area contributed by atoms with Crippen molar-refractivity contribution in [2.45, 2.75) is 53.2 Å². The van der Waals surface area contributed by atoms with Crippen LogP contribution < -0.4 is 10.1 Å². The van der Waals surface area contributed by atoms with Crippen molar-refractivity contribution in [3.8, 4) is 5.75 Å². The Hall–Kier alpha value is -2.29. The van der Waals surface area contributed by atoms with Crippen LogP contribution in [0.1, 0.15) is 48.6 Å². The third kappa shape index (κ3) is 4.60. The van der Waals surface area contributed by atoms with E-state index in [1.54, 1.807) is 0 Å². The Bertz CT molecular complexity index is 709. The van der Waals surface area contributed by atoms with Crippen LogP contribution >= 0.6 is 0 Å². The average Bonchev–Trinajstić information content (AvgIpc) is 2.55. The van der Waals surface area contributed by atoms with Gasteiger partial charge in [-0.1, -0.05) is 37.3 Å². The lowest BCUT2D eigenvalue weighted by Gasteiger charge is -2.21. The molecule has 1 amide bonds. The Balaban J connectivity index is 2.04. The fraction of sp³-hybridized carbons (Fsp3) is 0.381. The predicted molar refractivity (Wildman–Crippen MR) is 98.4 cm³/mol. The lowest BCUT2D eigenvalue weighted by Crippen LogP contribution is -2.39. The number of amides is 1. The van der Waals surface area contributed by atoms with Crippen LogP contribution in [0.2, 0.25) is 0 Å². The van der Waals surface area contributed by atoms with Gasteiger partial charge in [0.05, 0.1) is 6.04 Å². The molecule has 2 atom stereocenters. The van der Waals surface area contributed by atoms with Gasteiger partial charge >= 0.3 is 0 Å². The highest BCUT2D eigenvalue weighted by atomic mass is 16.5. The topological polar surface area (TPSA) is 38.3 Å². The first-order valence-electron chi connectivity index (χ1n) is 8.51. The predicted octanol–water partition coefficient (Wildman–Crippen LogP) is 4.65. The van der Waals surface area contributed by atoms with Gasteiger partial charge in [0.2, 0.25) is 0 Å². The molecule has 3 heteroatoms. The van der Waals surface area contributed by atoms with Gasteiger partial charge in [-0.2, -0.15) is 0 Å². The molecule has 0 aliphatic carbocycles. The molecule has 0 aliphatic rings. The molecule has 128 valence electrons. The highest BCUT2D eigenvalue weighted by Crippen LogP contribution is 2.19. The molecule has 0 aromatic heterocycles. The molecule has 0 aliphatic heterocycles. The van der Waals surface area contributed by atoms with E-state index >= 15 is 0 Å². The molecular formula is C21H27NO2. The van der Waals surface area contributed by atoms with Gasteiger partial charge in [0.25, 0.3) is 5.91 Å². The van der Waals surface area contributed by atoms with Crippen molar-refractivity contribution in [2.24, 2.45) is 0 Å². The van der Waals surface area contributed by atoms with E-state index in [0.717, 1.165) is 16.9 Å². The quantitative estimate of drug-likeness (QED) is 0.840. The summed E-state index contributed by atoms with van der Waals surface area (Å²) in [7, 11) is 0. The van der Waals surface area contributed by atoms with Crippen LogP contribution in [0, 0.1) is 20.8 Å². The maximum absolute atomic E-state index is 12.6. The molecule has 24 heavy (non-hydrogen) atoms. The van der Waals surface area contributed by atoms with E-state index in [-0.39, 0.29) is 11.9 Å². The first-order chi connectivity index (χ1) is 11.4. The molecule has 0 radical (unpaired) electrons. The number of aryl methyl sites for hydroxylation is 3. The van der Waals surface area contributed by atoms with Crippen molar-refractivity contribution in [3.05, 3.63) is 64.7 Å². The molecule has 2 aromatic carbocycles. The van der Waals surface area contributed by atoms with E-state index in [1.165, 1.54) is 11.1 Å². The number of nitrogens with one attached hydrogen (secondary N) is 1. The molecule has 2 aromatic rings. The zero-order valence-corrected chi connectivity index (χ0v) is 15.2. The van der Waals surface area contributed by atoms with Crippen LogP contribution in [-0.2, 0) is 4.79 Å². The van der Waals surface area contributed by atoms with E-state index in [0.29, 0.717) is 6.42 Å². The number of hydrogen-bond donors (Lipinski definition) is 1. The molecular weight excluding hydrogens is 298 g/mol. The molecule has 0 bridgehead atoms. The smallest absolute Gasteiger partial charge is 0.261 e. The minimum absolute atomic E-state index is 0.0491. The summed E-state index contributed by atoms with van der Waals surface area (Å²) in [5.41, 5.74) is 4.71. The van der Waals surface area contributed by atoms with Crippen molar-refractivity contribution in [3.63, 3.8) is 0 Å². The lowest BCUT2D eigenvalue weighted by atomic mass is 10.0. The maximum Gasteiger partial charge on any atom is 0.261 e. The van der Waals surface area contributed by atoms with Crippen LogP contribution in [-0.4, -0.2) is 12.0 Å². The Morgan fingerprint density at radius 3 is 2.46 bits per heavy atom. The number of rotatable bonds is 6. The second-order valence-corrected chi connectivity index (χ2v) is 6.41. The summed E-state index contributed by atoms with van der Waals surface area (Å²) >= 11 is 0. The Morgan fingerprint density at radius 1 is 1.08 bits per heavy atom. The molecule has 2 rings (SSSR count). The monoisotopic (exact) mass is 325 g/mol. The van der Waals surface area contributed by atoms with Crippen LogP contribution in [0.3, 0.4) is 0 Å². The van der Waals surface area contributed by atoms with E-state index in [1.807, 2.05) is 45.0 Å². The Kier molecular flexibility index (Phi) is 6.02. The lowest BCUT2D eigenvalue weighted by molar-refractivity contribution is -0.128. The van der Waals surface area contributed by atoms with Crippen LogP contribution in [0.15, 0.2) is 42.5 Å². The van der Waals surface area contributed by atoms with Gasteiger partial charge in [0.1, 0.15) is 5.75 Å². The van der Waals surface area contributed by atoms with Crippen LogP contribution in [0.5, 0.6) is 5.75 Å². The maximum atomic E-state index is 12.6. The zero-order chi connectivity index (χ0) is 17.7. The first kappa shape index (κ1) is 18.1. The summed E-state index contributed by atoms with van der Waals surface area (Å²) in [6.45, 7) is 10.1. The van der Waals surface area contributed by atoms with E-state index in [4.69, 9.17) is 4.74 Å².